The van der Waals surface area contributed by atoms with Crippen LogP contribution in [0.3, 0.4) is 0 Å². The molecule has 2 unspecified atom stereocenters. The minimum atomic E-state index is 0.111. The van der Waals surface area contributed by atoms with Gasteiger partial charge in [-0.3, -0.25) is 4.79 Å². The van der Waals surface area contributed by atoms with Crippen molar-refractivity contribution in [3.63, 3.8) is 0 Å². The first-order chi connectivity index (χ1) is 8.61. The molecular formula is C14H18INO2. The van der Waals surface area contributed by atoms with Crippen LogP contribution in [0.15, 0.2) is 24.3 Å². The molecule has 4 heteroatoms. The number of amides is 1. The van der Waals surface area contributed by atoms with Crippen LogP contribution in [-0.2, 0) is 4.74 Å². The van der Waals surface area contributed by atoms with Gasteiger partial charge in [-0.25, -0.2) is 0 Å². The maximum atomic E-state index is 12.3. The monoisotopic (exact) mass is 359 g/mol. The first kappa shape index (κ1) is 13.8. The molecule has 1 fully saturated rings. The maximum Gasteiger partial charge on any atom is 0.253 e. The van der Waals surface area contributed by atoms with Gasteiger partial charge in [0.15, 0.2) is 0 Å². The van der Waals surface area contributed by atoms with E-state index < -0.39 is 0 Å². The standard InChI is InChI=1S/C14H18INO2/c1-10-7-8-16(9-13(10)18-2)14(17)11-3-5-12(15)6-4-11/h3-6,10,13H,7-9H2,1-2H3. The third kappa shape index (κ3) is 3.03. The fourth-order valence-corrected chi connectivity index (χ4v) is 2.66. The summed E-state index contributed by atoms with van der Waals surface area (Å²) in [5.74, 6) is 0.635. The van der Waals surface area contributed by atoms with Crippen LogP contribution >= 0.6 is 22.6 Å². The third-order valence-electron chi connectivity index (χ3n) is 3.57. The van der Waals surface area contributed by atoms with E-state index in [4.69, 9.17) is 4.74 Å². The van der Waals surface area contributed by atoms with E-state index in [-0.39, 0.29) is 12.0 Å². The van der Waals surface area contributed by atoms with Crippen LogP contribution in [0.25, 0.3) is 0 Å². The number of ether oxygens (including phenoxy) is 1. The molecule has 1 aliphatic heterocycles. The summed E-state index contributed by atoms with van der Waals surface area (Å²) in [7, 11) is 1.72. The summed E-state index contributed by atoms with van der Waals surface area (Å²) < 4.78 is 6.59. The van der Waals surface area contributed by atoms with E-state index in [1.165, 1.54) is 0 Å². The Balaban J connectivity index is 2.07. The van der Waals surface area contributed by atoms with Crippen LogP contribution in [-0.4, -0.2) is 37.1 Å². The SMILES string of the molecule is COC1CN(C(=O)c2ccc(I)cc2)CCC1C. The van der Waals surface area contributed by atoms with Crippen molar-refractivity contribution in [2.75, 3.05) is 20.2 Å². The van der Waals surface area contributed by atoms with Gasteiger partial charge in [0.05, 0.1) is 6.10 Å². The van der Waals surface area contributed by atoms with Crippen molar-refractivity contribution >= 4 is 28.5 Å². The van der Waals surface area contributed by atoms with E-state index in [1.807, 2.05) is 29.2 Å². The Morgan fingerprint density at radius 3 is 2.67 bits per heavy atom. The number of benzene rings is 1. The van der Waals surface area contributed by atoms with E-state index in [9.17, 15) is 4.79 Å². The van der Waals surface area contributed by atoms with Crippen molar-refractivity contribution in [2.45, 2.75) is 19.4 Å². The molecule has 18 heavy (non-hydrogen) atoms. The smallest absolute Gasteiger partial charge is 0.253 e. The van der Waals surface area contributed by atoms with Crippen LogP contribution in [0.2, 0.25) is 0 Å². The van der Waals surface area contributed by atoms with Crippen molar-refractivity contribution in [3.8, 4) is 0 Å². The number of likely N-dealkylation sites (tertiary alicyclic amines) is 1. The number of hydrogen-bond donors (Lipinski definition) is 0. The molecule has 98 valence electrons. The molecule has 1 aromatic carbocycles. The first-order valence-corrected chi connectivity index (χ1v) is 7.27. The lowest BCUT2D eigenvalue weighted by Gasteiger charge is -2.36. The van der Waals surface area contributed by atoms with Gasteiger partial charge in [0.25, 0.3) is 5.91 Å². The van der Waals surface area contributed by atoms with E-state index in [1.54, 1.807) is 7.11 Å². The molecule has 0 radical (unpaired) electrons. The lowest BCUT2D eigenvalue weighted by Crippen LogP contribution is -2.46. The highest BCUT2D eigenvalue weighted by Gasteiger charge is 2.29. The second kappa shape index (κ2) is 6.02. The van der Waals surface area contributed by atoms with Crippen LogP contribution in [0, 0.1) is 9.49 Å². The second-order valence-electron chi connectivity index (χ2n) is 4.80. The van der Waals surface area contributed by atoms with Crippen molar-refractivity contribution in [1.82, 2.24) is 4.90 Å². The highest BCUT2D eigenvalue weighted by atomic mass is 127. The number of hydrogen-bond acceptors (Lipinski definition) is 2. The minimum absolute atomic E-state index is 0.111. The number of rotatable bonds is 2. The number of carbonyl (C=O) groups is 1. The molecule has 0 bridgehead atoms. The number of nitrogens with zero attached hydrogens (tertiary/aromatic N) is 1. The molecule has 0 aromatic heterocycles. The van der Waals surface area contributed by atoms with Gasteiger partial charge in [-0.15, -0.1) is 0 Å². The summed E-state index contributed by atoms with van der Waals surface area (Å²) in [5.41, 5.74) is 0.764. The van der Waals surface area contributed by atoms with Crippen LogP contribution in [0.4, 0.5) is 0 Å². The van der Waals surface area contributed by atoms with E-state index in [0.29, 0.717) is 12.5 Å². The Bertz CT molecular complexity index is 418. The highest BCUT2D eigenvalue weighted by Crippen LogP contribution is 2.21. The van der Waals surface area contributed by atoms with Gasteiger partial charge in [-0.1, -0.05) is 6.92 Å². The zero-order chi connectivity index (χ0) is 13.1. The largest absolute Gasteiger partial charge is 0.379 e. The lowest BCUT2D eigenvalue weighted by atomic mass is 9.95. The highest BCUT2D eigenvalue weighted by molar-refractivity contribution is 14.1. The van der Waals surface area contributed by atoms with Gasteiger partial charge in [-0.05, 0) is 59.2 Å². The van der Waals surface area contributed by atoms with E-state index >= 15 is 0 Å². The number of piperidine rings is 1. The summed E-state index contributed by atoms with van der Waals surface area (Å²) in [6.07, 6.45) is 1.17. The van der Waals surface area contributed by atoms with Crippen molar-refractivity contribution < 1.29 is 9.53 Å². The molecule has 2 rings (SSSR count). The summed E-state index contributed by atoms with van der Waals surface area (Å²) in [6, 6.07) is 7.72. The fourth-order valence-electron chi connectivity index (χ4n) is 2.30. The molecule has 2 atom stereocenters. The Labute approximate surface area is 122 Å². The van der Waals surface area contributed by atoms with Crippen molar-refractivity contribution in [1.29, 1.82) is 0 Å². The van der Waals surface area contributed by atoms with Crippen molar-refractivity contribution in [2.24, 2.45) is 5.92 Å². The normalized spacial score (nSPS) is 24.1. The Kier molecular flexibility index (Phi) is 4.61. The number of halogens is 1. The predicted molar refractivity (Wildman–Crippen MR) is 79.6 cm³/mol. The average Bonchev–Trinajstić information content (AvgIpc) is 2.39. The number of carbonyl (C=O) groups excluding carboxylic acids is 1. The molecule has 1 heterocycles. The molecule has 0 N–H and O–H groups in total. The van der Waals surface area contributed by atoms with Gasteiger partial charge >= 0.3 is 0 Å². The molecular weight excluding hydrogens is 341 g/mol. The van der Waals surface area contributed by atoms with Gasteiger partial charge in [0, 0.05) is 29.3 Å². The summed E-state index contributed by atoms with van der Waals surface area (Å²) in [6.45, 7) is 3.70. The summed E-state index contributed by atoms with van der Waals surface area (Å²) in [5, 5.41) is 0. The maximum absolute atomic E-state index is 12.3. The predicted octanol–water partition coefficient (Wildman–Crippen LogP) is 2.79. The molecule has 0 saturated carbocycles. The second-order valence-corrected chi connectivity index (χ2v) is 6.04. The van der Waals surface area contributed by atoms with Crippen LogP contribution in [0.5, 0.6) is 0 Å². The molecule has 1 saturated heterocycles. The third-order valence-corrected chi connectivity index (χ3v) is 4.29. The van der Waals surface area contributed by atoms with E-state index in [2.05, 4.69) is 29.5 Å². The van der Waals surface area contributed by atoms with Crippen LogP contribution in [0.1, 0.15) is 23.7 Å². The Morgan fingerprint density at radius 1 is 1.39 bits per heavy atom. The molecule has 1 aromatic rings. The zero-order valence-corrected chi connectivity index (χ0v) is 12.9. The summed E-state index contributed by atoms with van der Waals surface area (Å²) in [4.78, 5) is 14.2. The summed E-state index contributed by atoms with van der Waals surface area (Å²) >= 11 is 2.24. The van der Waals surface area contributed by atoms with Gasteiger partial charge < -0.3 is 9.64 Å². The Hall–Kier alpha value is -0.620. The quantitative estimate of drug-likeness (QED) is 0.760. The molecule has 0 aliphatic carbocycles. The molecule has 3 nitrogen and oxygen atoms in total. The molecule has 0 spiro atoms. The minimum Gasteiger partial charge on any atom is -0.379 e. The molecule has 1 aliphatic rings. The van der Waals surface area contributed by atoms with Crippen LogP contribution < -0.4 is 0 Å². The first-order valence-electron chi connectivity index (χ1n) is 6.19. The Morgan fingerprint density at radius 2 is 2.06 bits per heavy atom. The average molecular weight is 359 g/mol. The zero-order valence-electron chi connectivity index (χ0n) is 10.7. The van der Waals surface area contributed by atoms with E-state index in [0.717, 1.165) is 22.1 Å². The van der Waals surface area contributed by atoms with Gasteiger partial charge in [-0.2, -0.15) is 0 Å². The topological polar surface area (TPSA) is 29.5 Å². The number of methoxy groups -OCH3 is 1. The van der Waals surface area contributed by atoms with Gasteiger partial charge in [0.2, 0.25) is 0 Å². The lowest BCUT2D eigenvalue weighted by molar-refractivity contribution is -0.00156. The molecule has 1 amide bonds. The fraction of sp³-hybridized carbons (Fsp3) is 0.500. The van der Waals surface area contributed by atoms with Gasteiger partial charge in [0.1, 0.15) is 0 Å². The van der Waals surface area contributed by atoms with Crippen molar-refractivity contribution in [3.05, 3.63) is 33.4 Å².